The Morgan fingerprint density at radius 1 is 0.800 bits per heavy atom. The van der Waals surface area contributed by atoms with Gasteiger partial charge in [0.2, 0.25) is 0 Å². The van der Waals surface area contributed by atoms with Crippen LogP contribution in [0.2, 0.25) is 0 Å². The van der Waals surface area contributed by atoms with E-state index in [2.05, 4.69) is 31.4 Å². The molecule has 0 spiro atoms. The molecule has 0 radical (unpaired) electrons. The first-order valence-electron chi connectivity index (χ1n) is 11.0. The van der Waals surface area contributed by atoms with Crippen LogP contribution in [0.4, 0.5) is 24.5 Å². The Kier molecular flexibility index (Phi) is 7.53. The molecule has 0 bridgehead atoms. The van der Waals surface area contributed by atoms with Crippen molar-refractivity contribution in [1.82, 2.24) is 0 Å². The molecular formula is C27H27F3N2O3. The molecule has 3 aromatic rings. The lowest BCUT2D eigenvalue weighted by molar-refractivity contribution is -0.137. The van der Waals surface area contributed by atoms with Gasteiger partial charge in [-0.3, -0.25) is 9.59 Å². The normalized spacial score (nSPS) is 12.5. The van der Waals surface area contributed by atoms with Gasteiger partial charge in [-0.15, -0.1) is 0 Å². The first-order valence-corrected chi connectivity index (χ1v) is 11.0. The van der Waals surface area contributed by atoms with Gasteiger partial charge in [0.25, 0.3) is 11.8 Å². The van der Waals surface area contributed by atoms with Crippen LogP contribution in [0.1, 0.15) is 49.2 Å². The largest absolute Gasteiger partial charge is 0.481 e. The molecule has 0 saturated carbocycles. The molecule has 0 aliphatic rings. The van der Waals surface area contributed by atoms with Crippen molar-refractivity contribution in [3.8, 4) is 5.75 Å². The fraction of sp³-hybridized carbons (Fsp3) is 0.259. The van der Waals surface area contributed by atoms with E-state index in [9.17, 15) is 22.8 Å². The van der Waals surface area contributed by atoms with E-state index in [4.69, 9.17) is 4.74 Å². The average molecular weight is 485 g/mol. The molecule has 3 rings (SSSR count). The van der Waals surface area contributed by atoms with Gasteiger partial charge in [0.15, 0.2) is 6.10 Å². The van der Waals surface area contributed by atoms with Gasteiger partial charge in [-0.25, -0.2) is 0 Å². The van der Waals surface area contributed by atoms with E-state index in [-0.39, 0.29) is 16.7 Å². The maximum absolute atomic E-state index is 12.9. The molecule has 5 nitrogen and oxygen atoms in total. The number of ether oxygens (including phenoxy) is 1. The van der Waals surface area contributed by atoms with Crippen LogP contribution in [0.3, 0.4) is 0 Å². The van der Waals surface area contributed by atoms with Gasteiger partial charge in [0, 0.05) is 16.9 Å². The Balaban J connectivity index is 1.63. The van der Waals surface area contributed by atoms with Gasteiger partial charge < -0.3 is 15.4 Å². The standard InChI is InChI=1S/C27H27F3N2O3/c1-17(35-23-13-11-19(12-14-23)26(2,3)4)24(33)31-21-9-5-7-18(15-21)25(34)32-22-10-6-8-20(16-22)27(28,29)30/h5-17H,1-4H3,(H,31,33)(H,32,34). The Morgan fingerprint density at radius 3 is 2.00 bits per heavy atom. The van der Waals surface area contributed by atoms with Crippen molar-refractivity contribution >= 4 is 23.2 Å². The molecule has 2 amide bonds. The summed E-state index contributed by atoms with van der Waals surface area (Å²) in [6.45, 7) is 7.92. The molecule has 8 heteroatoms. The van der Waals surface area contributed by atoms with Crippen molar-refractivity contribution in [2.24, 2.45) is 0 Å². The van der Waals surface area contributed by atoms with Crippen LogP contribution in [-0.2, 0) is 16.4 Å². The summed E-state index contributed by atoms with van der Waals surface area (Å²) in [6, 6.07) is 18.0. The number of hydrogen-bond donors (Lipinski definition) is 2. The van der Waals surface area contributed by atoms with E-state index in [1.165, 1.54) is 24.3 Å². The third kappa shape index (κ3) is 7.09. The van der Waals surface area contributed by atoms with Gasteiger partial charge in [-0.2, -0.15) is 13.2 Å². The summed E-state index contributed by atoms with van der Waals surface area (Å²) < 4.78 is 44.4. The second kappa shape index (κ2) is 10.2. The molecular weight excluding hydrogens is 457 g/mol. The number of amides is 2. The SMILES string of the molecule is CC(Oc1ccc(C(C)(C)C)cc1)C(=O)Nc1cccc(C(=O)Nc2cccc(C(F)(F)F)c2)c1. The van der Waals surface area contributed by atoms with Crippen LogP contribution in [0.15, 0.2) is 72.8 Å². The molecule has 35 heavy (non-hydrogen) atoms. The average Bonchev–Trinajstić information content (AvgIpc) is 2.78. The molecule has 0 aliphatic heterocycles. The van der Waals surface area contributed by atoms with E-state index in [1.54, 1.807) is 19.1 Å². The van der Waals surface area contributed by atoms with Gasteiger partial charge in [0.05, 0.1) is 5.56 Å². The van der Waals surface area contributed by atoms with E-state index in [1.807, 2.05) is 24.3 Å². The van der Waals surface area contributed by atoms with Crippen molar-refractivity contribution in [3.63, 3.8) is 0 Å². The molecule has 0 saturated heterocycles. The molecule has 1 atom stereocenters. The third-order valence-corrected chi connectivity index (χ3v) is 5.24. The summed E-state index contributed by atoms with van der Waals surface area (Å²) in [5.41, 5.74) is 0.816. The third-order valence-electron chi connectivity index (χ3n) is 5.24. The zero-order valence-electron chi connectivity index (χ0n) is 19.9. The first kappa shape index (κ1) is 25.8. The lowest BCUT2D eigenvalue weighted by Crippen LogP contribution is -2.30. The number of alkyl halides is 3. The predicted octanol–water partition coefficient (Wildman–Crippen LogP) is 6.66. The summed E-state index contributed by atoms with van der Waals surface area (Å²) in [5, 5.41) is 5.14. The number of rotatable bonds is 6. The van der Waals surface area contributed by atoms with Gasteiger partial charge in [-0.05, 0) is 66.4 Å². The summed E-state index contributed by atoms with van der Waals surface area (Å²) >= 11 is 0. The Morgan fingerprint density at radius 2 is 1.40 bits per heavy atom. The highest BCUT2D eigenvalue weighted by atomic mass is 19.4. The minimum atomic E-state index is -4.52. The maximum atomic E-state index is 12.9. The number of carbonyl (C=O) groups excluding carboxylic acids is 2. The summed E-state index contributed by atoms with van der Waals surface area (Å²) in [4.78, 5) is 25.2. The Labute approximate surface area is 202 Å². The molecule has 0 fully saturated rings. The van der Waals surface area contributed by atoms with Crippen LogP contribution in [-0.4, -0.2) is 17.9 Å². The number of carbonyl (C=O) groups is 2. The van der Waals surface area contributed by atoms with Crippen molar-refractivity contribution in [1.29, 1.82) is 0 Å². The lowest BCUT2D eigenvalue weighted by atomic mass is 9.87. The molecule has 184 valence electrons. The van der Waals surface area contributed by atoms with Crippen LogP contribution < -0.4 is 15.4 Å². The van der Waals surface area contributed by atoms with Gasteiger partial charge in [0.1, 0.15) is 5.75 Å². The topological polar surface area (TPSA) is 67.4 Å². The zero-order valence-corrected chi connectivity index (χ0v) is 19.9. The predicted molar refractivity (Wildman–Crippen MR) is 130 cm³/mol. The van der Waals surface area contributed by atoms with Crippen molar-refractivity contribution in [3.05, 3.63) is 89.5 Å². The molecule has 3 aromatic carbocycles. The van der Waals surface area contributed by atoms with E-state index in [0.717, 1.165) is 17.7 Å². The highest BCUT2D eigenvalue weighted by Gasteiger charge is 2.30. The summed E-state index contributed by atoms with van der Waals surface area (Å²) in [7, 11) is 0. The summed E-state index contributed by atoms with van der Waals surface area (Å²) in [5.74, 6) is -0.473. The van der Waals surface area contributed by atoms with Crippen LogP contribution in [0.25, 0.3) is 0 Å². The maximum Gasteiger partial charge on any atom is 0.416 e. The van der Waals surface area contributed by atoms with Crippen molar-refractivity contribution < 1.29 is 27.5 Å². The van der Waals surface area contributed by atoms with Crippen molar-refractivity contribution in [2.75, 3.05) is 10.6 Å². The minimum Gasteiger partial charge on any atom is -0.481 e. The fourth-order valence-electron chi connectivity index (χ4n) is 3.25. The smallest absolute Gasteiger partial charge is 0.416 e. The number of nitrogens with one attached hydrogen (secondary N) is 2. The molecule has 0 heterocycles. The van der Waals surface area contributed by atoms with E-state index < -0.39 is 29.7 Å². The number of hydrogen-bond acceptors (Lipinski definition) is 3. The molecule has 1 unspecified atom stereocenters. The molecule has 0 aliphatic carbocycles. The monoisotopic (exact) mass is 484 g/mol. The zero-order chi connectivity index (χ0) is 25.8. The second-order valence-corrected chi connectivity index (χ2v) is 9.14. The minimum absolute atomic E-state index is 0.0000396. The van der Waals surface area contributed by atoms with Crippen molar-refractivity contribution in [2.45, 2.75) is 45.4 Å². The highest BCUT2D eigenvalue weighted by Crippen LogP contribution is 2.31. The van der Waals surface area contributed by atoms with Gasteiger partial charge >= 0.3 is 6.18 Å². The van der Waals surface area contributed by atoms with Crippen LogP contribution >= 0.6 is 0 Å². The first-order chi connectivity index (χ1) is 16.3. The fourth-order valence-corrected chi connectivity index (χ4v) is 3.25. The molecule has 2 N–H and O–H groups in total. The van der Waals surface area contributed by atoms with E-state index >= 15 is 0 Å². The Hall–Kier alpha value is -3.81. The quantitative estimate of drug-likeness (QED) is 0.411. The van der Waals surface area contributed by atoms with Gasteiger partial charge in [-0.1, -0.05) is 45.0 Å². The number of halogens is 3. The molecule has 0 aromatic heterocycles. The van der Waals surface area contributed by atoms with E-state index in [0.29, 0.717) is 11.4 Å². The second-order valence-electron chi connectivity index (χ2n) is 9.14. The number of anilines is 2. The lowest BCUT2D eigenvalue weighted by Gasteiger charge is -2.20. The van der Waals surface area contributed by atoms with Crippen LogP contribution in [0, 0.1) is 0 Å². The van der Waals surface area contributed by atoms with Crippen LogP contribution in [0.5, 0.6) is 5.75 Å². The summed E-state index contributed by atoms with van der Waals surface area (Å²) in [6.07, 6.45) is -5.32. The highest BCUT2D eigenvalue weighted by molar-refractivity contribution is 6.05. The Bertz CT molecular complexity index is 1200. The number of benzene rings is 3.